The van der Waals surface area contributed by atoms with Gasteiger partial charge in [0.2, 0.25) is 10.0 Å². The number of hydrogen-bond acceptors (Lipinski definition) is 6. The number of pyridine rings is 1. The van der Waals surface area contributed by atoms with Crippen LogP contribution in [-0.4, -0.2) is 48.5 Å². The van der Waals surface area contributed by atoms with Gasteiger partial charge in [0, 0.05) is 25.7 Å². The third kappa shape index (κ3) is 2.98. The summed E-state index contributed by atoms with van der Waals surface area (Å²) < 4.78 is 32.8. The van der Waals surface area contributed by atoms with Gasteiger partial charge in [0.05, 0.1) is 17.3 Å². The summed E-state index contributed by atoms with van der Waals surface area (Å²) in [5.41, 5.74) is 1.11. The van der Waals surface area contributed by atoms with E-state index >= 15 is 0 Å². The van der Waals surface area contributed by atoms with Gasteiger partial charge in [0.1, 0.15) is 4.90 Å². The van der Waals surface area contributed by atoms with Gasteiger partial charge >= 0.3 is 0 Å². The Labute approximate surface area is 136 Å². The van der Waals surface area contributed by atoms with Crippen LogP contribution >= 0.6 is 0 Å². The molecule has 0 aliphatic carbocycles. The van der Waals surface area contributed by atoms with Crippen molar-refractivity contribution >= 4 is 21.1 Å². The molecule has 1 saturated heterocycles. The van der Waals surface area contributed by atoms with E-state index in [1.165, 1.54) is 6.20 Å². The fraction of sp³-hybridized carbons (Fsp3) is 0.600. The largest absolute Gasteiger partial charge is 0.336 e. The molecule has 0 amide bonds. The predicted octanol–water partition coefficient (Wildman–Crippen LogP) is 1.55. The molecule has 3 rings (SSSR count). The van der Waals surface area contributed by atoms with Gasteiger partial charge in [-0.3, -0.25) is 0 Å². The zero-order valence-electron chi connectivity index (χ0n) is 13.4. The van der Waals surface area contributed by atoms with Gasteiger partial charge in [0.25, 0.3) is 5.71 Å². The molecule has 1 unspecified atom stereocenters. The van der Waals surface area contributed by atoms with E-state index in [1.54, 1.807) is 10.4 Å². The van der Waals surface area contributed by atoms with Crippen molar-refractivity contribution in [1.82, 2.24) is 19.8 Å². The van der Waals surface area contributed by atoms with Crippen LogP contribution in [0.2, 0.25) is 0 Å². The maximum absolute atomic E-state index is 13.0. The van der Waals surface area contributed by atoms with Gasteiger partial charge in [-0.1, -0.05) is 25.4 Å². The number of sulfonamides is 1. The van der Waals surface area contributed by atoms with Gasteiger partial charge in [-0.25, -0.2) is 13.4 Å². The molecule has 0 spiro atoms. The van der Waals surface area contributed by atoms with Crippen LogP contribution in [-0.2, 0) is 16.4 Å². The van der Waals surface area contributed by atoms with Crippen LogP contribution in [0.25, 0.3) is 11.1 Å². The van der Waals surface area contributed by atoms with Crippen LogP contribution in [0.3, 0.4) is 0 Å². The maximum Gasteiger partial charge on any atom is 0.258 e. The zero-order chi connectivity index (χ0) is 16.4. The lowest BCUT2D eigenvalue weighted by Gasteiger charge is -2.35. The summed E-state index contributed by atoms with van der Waals surface area (Å²) >= 11 is 0. The molecule has 0 bridgehead atoms. The molecule has 7 nitrogen and oxygen atoms in total. The number of fused-ring (bicyclic) bond motifs is 1. The van der Waals surface area contributed by atoms with E-state index < -0.39 is 10.0 Å². The van der Waals surface area contributed by atoms with Crippen molar-refractivity contribution in [3.63, 3.8) is 0 Å². The molecule has 1 aliphatic rings. The van der Waals surface area contributed by atoms with Gasteiger partial charge in [-0.2, -0.15) is 4.31 Å². The molecule has 1 N–H and O–H groups in total. The minimum Gasteiger partial charge on any atom is -0.336 e. The normalized spacial score (nSPS) is 20.2. The first-order valence-corrected chi connectivity index (χ1v) is 9.48. The zero-order valence-corrected chi connectivity index (χ0v) is 14.3. The van der Waals surface area contributed by atoms with Gasteiger partial charge in [-0.05, 0) is 18.9 Å². The molecule has 1 atom stereocenters. The Morgan fingerprint density at radius 3 is 3.00 bits per heavy atom. The number of hydrogen-bond donors (Lipinski definition) is 1. The average molecular weight is 338 g/mol. The number of rotatable bonds is 5. The lowest BCUT2D eigenvalue weighted by molar-refractivity contribution is 0.254. The molecule has 0 radical (unpaired) electrons. The molecule has 3 heterocycles. The number of aromatic nitrogens is 2. The number of nitrogens with one attached hydrogen (secondary N) is 1. The van der Waals surface area contributed by atoms with E-state index in [-0.39, 0.29) is 10.9 Å². The first kappa shape index (κ1) is 16.4. The summed E-state index contributed by atoms with van der Waals surface area (Å²) in [5, 5.41) is 7.88. The number of aryl methyl sites for hydroxylation is 1. The lowest BCUT2D eigenvalue weighted by Crippen LogP contribution is -2.53. The van der Waals surface area contributed by atoms with E-state index in [0.717, 1.165) is 18.5 Å². The molecular weight excluding hydrogens is 316 g/mol. The van der Waals surface area contributed by atoms with Crippen molar-refractivity contribution in [2.75, 3.05) is 19.6 Å². The van der Waals surface area contributed by atoms with Crippen LogP contribution in [0.5, 0.6) is 0 Å². The second-order valence-electron chi connectivity index (χ2n) is 5.77. The quantitative estimate of drug-likeness (QED) is 0.890. The van der Waals surface area contributed by atoms with E-state index in [0.29, 0.717) is 37.2 Å². The molecule has 23 heavy (non-hydrogen) atoms. The van der Waals surface area contributed by atoms with Crippen LogP contribution in [0.15, 0.2) is 21.7 Å². The average Bonchev–Trinajstić information content (AvgIpc) is 2.97. The Morgan fingerprint density at radius 2 is 2.26 bits per heavy atom. The molecule has 126 valence electrons. The van der Waals surface area contributed by atoms with Crippen molar-refractivity contribution in [3.8, 4) is 0 Å². The second-order valence-corrected chi connectivity index (χ2v) is 7.66. The SMILES string of the molecule is CCCC1CNCCN1S(=O)(=O)c1cnc2onc(CC)c2c1. The molecule has 0 saturated carbocycles. The maximum atomic E-state index is 13.0. The summed E-state index contributed by atoms with van der Waals surface area (Å²) in [6, 6.07) is 1.63. The molecule has 1 fully saturated rings. The standard InChI is InChI=1S/C15H22N4O3S/c1-3-5-11-9-16-6-7-19(11)23(20,21)12-8-13-14(4-2)18-22-15(13)17-10-12/h8,10-11,16H,3-7,9H2,1-2H3. The third-order valence-electron chi connectivity index (χ3n) is 4.24. The summed E-state index contributed by atoms with van der Waals surface area (Å²) in [6.45, 7) is 5.86. The topological polar surface area (TPSA) is 88.3 Å². The van der Waals surface area contributed by atoms with Crippen molar-refractivity contribution < 1.29 is 12.9 Å². The van der Waals surface area contributed by atoms with E-state index in [9.17, 15) is 8.42 Å². The molecule has 2 aromatic heterocycles. The van der Waals surface area contributed by atoms with Gasteiger partial charge < -0.3 is 9.84 Å². The Bertz CT molecular complexity index is 785. The minimum atomic E-state index is -3.57. The highest BCUT2D eigenvalue weighted by Gasteiger charge is 2.33. The van der Waals surface area contributed by atoms with Crippen molar-refractivity contribution in [2.24, 2.45) is 0 Å². The Balaban J connectivity index is 2.00. The van der Waals surface area contributed by atoms with Gasteiger partial charge in [-0.15, -0.1) is 0 Å². The van der Waals surface area contributed by atoms with Gasteiger partial charge in [0.15, 0.2) is 0 Å². The van der Waals surface area contributed by atoms with E-state index in [4.69, 9.17) is 4.52 Å². The first-order valence-electron chi connectivity index (χ1n) is 8.04. The Kier molecular flexibility index (Phi) is 4.65. The van der Waals surface area contributed by atoms with Crippen LogP contribution in [0.1, 0.15) is 32.4 Å². The molecule has 2 aromatic rings. The monoisotopic (exact) mass is 338 g/mol. The Hall–Kier alpha value is -1.51. The fourth-order valence-corrected chi connectivity index (χ4v) is 4.66. The predicted molar refractivity (Wildman–Crippen MR) is 86.6 cm³/mol. The lowest BCUT2D eigenvalue weighted by atomic mass is 10.1. The smallest absolute Gasteiger partial charge is 0.258 e. The van der Waals surface area contributed by atoms with Crippen molar-refractivity contribution in [2.45, 2.75) is 44.0 Å². The highest BCUT2D eigenvalue weighted by molar-refractivity contribution is 7.89. The Morgan fingerprint density at radius 1 is 1.43 bits per heavy atom. The number of nitrogens with zero attached hydrogens (tertiary/aromatic N) is 3. The minimum absolute atomic E-state index is 0.0115. The third-order valence-corrected chi connectivity index (χ3v) is 6.16. The molecule has 0 aromatic carbocycles. The molecule has 8 heteroatoms. The van der Waals surface area contributed by atoms with Crippen LogP contribution in [0, 0.1) is 0 Å². The first-order chi connectivity index (χ1) is 11.1. The summed E-state index contributed by atoms with van der Waals surface area (Å²) in [5.74, 6) is 0. The van der Waals surface area contributed by atoms with Crippen molar-refractivity contribution in [1.29, 1.82) is 0 Å². The highest BCUT2D eigenvalue weighted by atomic mass is 32.2. The fourth-order valence-electron chi connectivity index (χ4n) is 3.03. The van der Waals surface area contributed by atoms with E-state index in [1.807, 2.05) is 6.92 Å². The summed E-state index contributed by atoms with van der Waals surface area (Å²) in [6.07, 6.45) is 3.83. The van der Waals surface area contributed by atoms with Crippen molar-refractivity contribution in [3.05, 3.63) is 18.0 Å². The number of piperazine rings is 1. The summed E-state index contributed by atoms with van der Waals surface area (Å²) in [4.78, 5) is 4.35. The van der Waals surface area contributed by atoms with Crippen LogP contribution < -0.4 is 5.32 Å². The molecule has 1 aliphatic heterocycles. The summed E-state index contributed by atoms with van der Waals surface area (Å²) in [7, 11) is -3.57. The van der Waals surface area contributed by atoms with Crippen LogP contribution in [0.4, 0.5) is 0 Å². The molecular formula is C15H22N4O3S. The highest BCUT2D eigenvalue weighted by Crippen LogP contribution is 2.25. The second kappa shape index (κ2) is 6.54. The van der Waals surface area contributed by atoms with E-state index in [2.05, 4.69) is 22.4 Å².